The average molecular weight is 444 g/mol. The summed E-state index contributed by atoms with van der Waals surface area (Å²) in [5.41, 5.74) is 0.489. The molecule has 1 aliphatic heterocycles. The van der Waals surface area contributed by atoms with Gasteiger partial charge in [-0.1, -0.05) is 6.07 Å². The molecule has 1 aromatic heterocycles. The van der Waals surface area contributed by atoms with E-state index in [-0.39, 0.29) is 23.6 Å². The van der Waals surface area contributed by atoms with E-state index in [4.69, 9.17) is 9.57 Å². The molecular weight excluding hydrogens is 423 g/mol. The molecule has 2 aromatic rings. The first-order valence-electron chi connectivity index (χ1n) is 9.45. The third kappa shape index (κ3) is 4.22. The molecule has 10 heteroatoms. The first kappa shape index (κ1) is 23.0. The third-order valence-corrected chi connectivity index (χ3v) is 4.89. The number of hydroxylamine groups is 1. The van der Waals surface area contributed by atoms with E-state index < -0.39 is 28.8 Å². The maximum Gasteiger partial charge on any atom is 0.458 e. The van der Waals surface area contributed by atoms with Crippen LogP contribution in [0.1, 0.15) is 31.9 Å². The molecule has 2 heterocycles. The van der Waals surface area contributed by atoms with Crippen molar-refractivity contribution in [3.63, 3.8) is 0 Å². The van der Waals surface area contributed by atoms with Crippen molar-refractivity contribution in [2.75, 3.05) is 13.2 Å². The van der Waals surface area contributed by atoms with E-state index in [0.717, 1.165) is 6.07 Å². The number of ether oxygens (including phenoxy) is 1. The Labute approximate surface area is 175 Å². The minimum atomic E-state index is -5.77. The molecule has 0 unspecified atom stereocenters. The number of hydrogen-bond donors (Lipinski definition) is 1. The number of aromatic nitrogens is 1. The van der Waals surface area contributed by atoms with Crippen LogP contribution < -0.4 is 15.8 Å². The van der Waals surface area contributed by atoms with Crippen molar-refractivity contribution >= 4 is 5.70 Å². The van der Waals surface area contributed by atoms with Crippen LogP contribution in [0.4, 0.5) is 22.0 Å². The molecule has 5 nitrogen and oxygen atoms in total. The van der Waals surface area contributed by atoms with Gasteiger partial charge in [0.05, 0.1) is 12.3 Å². The summed E-state index contributed by atoms with van der Waals surface area (Å²) in [5.74, 6) is -5.00. The lowest BCUT2D eigenvalue weighted by atomic mass is 9.88. The summed E-state index contributed by atoms with van der Waals surface area (Å²) in [6, 6.07) is 6.77. The Morgan fingerprint density at radius 3 is 2.45 bits per heavy atom. The zero-order chi connectivity index (χ0) is 23.0. The fourth-order valence-corrected chi connectivity index (χ4v) is 3.36. The predicted octanol–water partition coefficient (Wildman–Crippen LogP) is 4.47. The van der Waals surface area contributed by atoms with E-state index in [1.54, 1.807) is 26.8 Å². The van der Waals surface area contributed by atoms with Crippen LogP contribution in [-0.2, 0) is 10.8 Å². The Hall–Kier alpha value is -2.72. The molecule has 0 fully saturated rings. The summed E-state index contributed by atoms with van der Waals surface area (Å²) in [7, 11) is 0. The highest BCUT2D eigenvalue weighted by atomic mass is 19.4. The van der Waals surface area contributed by atoms with Crippen LogP contribution in [0.2, 0.25) is 0 Å². The normalized spacial score (nSPS) is 16.1. The third-order valence-electron chi connectivity index (χ3n) is 4.89. The number of rotatable bonds is 6. The number of benzene rings is 1. The van der Waals surface area contributed by atoms with Gasteiger partial charge in [-0.15, -0.1) is 0 Å². The number of nitrogens with zero attached hydrogens (tertiary/aromatic N) is 1. The van der Waals surface area contributed by atoms with Crippen LogP contribution in [0.5, 0.6) is 5.75 Å². The van der Waals surface area contributed by atoms with Crippen LogP contribution in [0, 0.1) is 0 Å². The van der Waals surface area contributed by atoms with Gasteiger partial charge in [-0.25, -0.2) is 0 Å². The number of nitrogens with one attached hydrogen (secondary N) is 1. The monoisotopic (exact) mass is 444 g/mol. The largest absolute Gasteiger partial charge is 0.483 e. The average Bonchev–Trinajstić information content (AvgIpc) is 2.67. The van der Waals surface area contributed by atoms with E-state index >= 15 is 0 Å². The van der Waals surface area contributed by atoms with Gasteiger partial charge in [-0.05, 0) is 45.0 Å². The van der Waals surface area contributed by atoms with Gasteiger partial charge in [0.2, 0.25) is 0 Å². The lowest BCUT2D eigenvalue weighted by molar-refractivity contribution is -0.289. The lowest BCUT2D eigenvalue weighted by Crippen LogP contribution is -2.41. The number of alkyl halides is 5. The molecule has 168 valence electrons. The van der Waals surface area contributed by atoms with Gasteiger partial charge in [0.15, 0.2) is 0 Å². The van der Waals surface area contributed by atoms with E-state index in [1.807, 2.05) is 0 Å². The second kappa shape index (κ2) is 8.08. The highest BCUT2D eigenvalue weighted by Crippen LogP contribution is 2.47. The Morgan fingerprint density at radius 1 is 1.13 bits per heavy atom. The molecule has 0 spiro atoms. The molecule has 0 saturated carbocycles. The predicted molar refractivity (Wildman–Crippen MR) is 104 cm³/mol. The van der Waals surface area contributed by atoms with E-state index in [9.17, 15) is 26.7 Å². The van der Waals surface area contributed by atoms with Crippen molar-refractivity contribution in [3.05, 3.63) is 69.6 Å². The Kier molecular flexibility index (Phi) is 5.98. The Morgan fingerprint density at radius 2 is 1.84 bits per heavy atom. The molecular formula is C21H21F5N2O3. The molecule has 0 bridgehead atoms. The maximum atomic E-state index is 14.1. The SMILES string of the molecule is CCONCC1=C(n2ccccc2=O)c2cc(C(F)(F)C(F)(F)F)ccc2OC1(C)C. The summed E-state index contributed by atoms with van der Waals surface area (Å²) in [6.07, 6.45) is -4.36. The molecule has 1 aliphatic rings. The van der Waals surface area contributed by atoms with Crippen LogP contribution in [0.25, 0.3) is 5.70 Å². The van der Waals surface area contributed by atoms with Crippen LogP contribution >= 0.6 is 0 Å². The smallest absolute Gasteiger partial charge is 0.458 e. The standard InChI is InChI=1S/C21H21F5N2O3/c1-4-30-27-12-15-18(28-10-6-5-7-17(28)29)14-11-13(20(22,23)21(24,25)26)8-9-16(14)31-19(15,2)3/h5-11,27H,4,12H2,1-3H3. The van der Waals surface area contributed by atoms with Crippen molar-refractivity contribution in [2.45, 2.75) is 38.5 Å². The fraction of sp³-hybridized carbons (Fsp3) is 0.381. The van der Waals surface area contributed by atoms with Crippen LogP contribution in [0.3, 0.4) is 0 Å². The highest BCUT2D eigenvalue weighted by molar-refractivity contribution is 5.77. The van der Waals surface area contributed by atoms with Crippen molar-refractivity contribution in [3.8, 4) is 5.75 Å². The Bertz CT molecular complexity index is 1060. The second-order valence-electron chi connectivity index (χ2n) is 7.39. The first-order valence-corrected chi connectivity index (χ1v) is 9.45. The van der Waals surface area contributed by atoms with Crippen molar-refractivity contribution in [1.29, 1.82) is 0 Å². The molecule has 3 rings (SSSR count). The molecule has 1 aromatic carbocycles. The van der Waals surface area contributed by atoms with E-state index in [0.29, 0.717) is 24.3 Å². The minimum absolute atomic E-state index is 0.0385. The summed E-state index contributed by atoms with van der Waals surface area (Å²) in [4.78, 5) is 17.7. The molecule has 0 radical (unpaired) electrons. The van der Waals surface area contributed by atoms with Gasteiger partial charge < -0.3 is 9.57 Å². The van der Waals surface area contributed by atoms with E-state index in [2.05, 4.69) is 5.48 Å². The van der Waals surface area contributed by atoms with Gasteiger partial charge >= 0.3 is 12.1 Å². The molecule has 0 atom stereocenters. The van der Waals surface area contributed by atoms with Gasteiger partial charge in [-0.2, -0.15) is 27.4 Å². The topological polar surface area (TPSA) is 52.5 Å². The van der Waals surface area contributed by atoms with Gasteiger partial charge in [0, 0.05) is 35.5 Å². The zero-order valence-electron chi connectivity index (χ0n) is 17.0. The molecule has 0 aliphatic carbocycles. The first-order chi connectivity index (χ1) is 14.4. The molecule has 0 saturated heterocycles. The van der Waals surface area contributed by atoms with E-state index in [1.165, 1.54) is 22.9 Å². The number of fused-ring (bicyclic) bond motifs is 1. The highest BCUT2D eigenvalue weighted by Gasteiger charge is 2.59. The fourth-order valence-electron chi connectivity index (χ4n) is 3.36. The van der Waals surface area contributed by atoms with Crippen LogP contribution in [-0.4, -0.2) is 29.5 Å². The molecule has 31 heavy (non-hydrogen) atoms. The minimum Gasteiger partial charge on any atom is -0.483 e. The summed E-state index contributed by atoms with van der Waals surface area (Å²) < 4.78 is 74.1. The van der Waals surface area contributed by atoms with Gasteiger partial charge in [0.25, 0.3) is 5.56 Å². The lowest BCUT2D eigenvalue weighted by Gasteiger charge is -2.38. The quantitative estimate of drug-likeness (QED) is 0.406. The Balaban J connectivity index is 2.30. The van der Waals surface area contributed by atoms with Gasteiger partial charge in [-0.3, -0.25) is 9.36 Å². The van der Waals surface area contributed by atoms with Crippen molar-refractivity contribution in [1.82, 2.24) is 10.0 Å². The van der Waals surface area contributed by atoms with Crippen molar-refractivity contribution < 1.29 is 31.5 Å². The summed E-state index contributed by atoms with van der Waals surface area (Å²) >= 11 is 0. The maximum absolute atomic E-state index is 14.1. The number of halogens is 5. The molecule has 0 amide bonds. The second-order valence-corrected chi connectivity index (χ2v) is 7.39. The number of pyridine rings is 1. The van der Waals surface area contributed by atoms with Gasteiger partial charge in [0.1, 0.15) is 11.4 Å². The molecule has 1 N–H and O–H groups in total. The van der Waals surface area contributed by atoms with Crippen LogP contribution in [0.15, 0.2) is 53.0 Å². The summed E-state index contributed by atoms with van der Waals surface area (Å²) in [5, 5.41) is 0. The summed E-state index contributed by atoms with van der Waals surface area (Å²) in [6.45, 7) is 5.51. The van der Waals surface area contributed by atoms with Crippen molar-refractivity contribution in [2.24, 2.45) is 0 Å². The number of hydrogen-bond acceptors (Lipinski definition) is 4. The zero-order valence-corrected chi connectivity index (χ0v) is 17.0.